The maximum absolute atomic E-state index is 9.03. The molecular formula is C6H6Cl2O2. The van der Waals surface area contributed by atoms with Gasteiger partial charge in [0.1, 0.15) is 0 Å². The predicted molar refractivity (Wildman–Crippen MR) is 39.9 cm³/mol. The van der Waals surface area contributed by atoms with Gasteiger partial charge in [-0.25, -0.2) is 0 Å². The minimum atomic E-state index is -1.50. The SMILES string of the molecule is OC1(Cl)C=CC(O)(Cl)C=C1. The lowest BCUT2D eigenvalue weighted by Crippen LogP contribution is -2.24. The standard InChI is InChI=1S/C6H6Cl2O2/c7-5(9)1-2-6(8,10)4-3-5/h1-4,9-10H. The number of aliphatic hydroxyl groups is 2. The topological polar surface area (TPSA) is 40.5 Å². The van der Waals surface area contributed by atoms with Crippen molar-refractivity contribution in [1.82, 2.24) is 0 Å². The monoisotopic (exact) mass is 180 g/mol. The third-order valence-electron chi connectivity index (χ3n) is 1.10. The molecule has 0 aliphatic heterocycles. The number of halogens is 2. The molecule has 0 unspecified atom stereocenters. The molecule has 0 bridgehead atoms. The highest BCUT2D eigenvalue weighted by Gasteiger charge is 2.26. The van der Waals surface area contributed by atoms with Crippen molar-refractivity contribution in [3.05, 3.63) is 24.3 Å². The fourth-order valence-corrected chi connectivity index (χ4v) is 0.831. The Morgan fingerprint density at radius 1 is 0.800 bits per heavy atom. The maximum atomic E-state index is 9.03. The minimum absolute atomic E-state index is 1.21. The van der Waals surface area contributed by atoms with E-state index in [-0.39, 0.29) is 0 Å². The number of alkyl halides is 2. The molecule has 4 heteroatoms. The third kappa shape index (κ3) is 1.99. The molecule has 1 rings (SSSR count). The van der Waals surface area contributed by atoms with Gasteiger partial charge in [0.15, 0.2) is 10.1 Å². The highest BCUT2D eigenvalue weighted by Crippen LogP contribution is 2.26. The van der Waals surface area contributed by atoms with Gasteiger partial charge in [0, 0.05) is 0 Å². The highest BCUT2D eigenvalue weighted by atomic mass is 35.5. The van der Waals surface area contributed by atoms with Crippen LogP contribution in [0.25, 0.3) is 0 Å². The van der Waals surface area contributed by atoms with E-state index in [1.807, 2.05) is 0 Å². The van der Waals surface area contributed by atoms with Crippen LogP contribution in [0, 0.1) is 0 Å². The summed E-state index contributed by atoms with van der Waals surface area (Å²) in [5.41, 5.74) is 0. The number of rotatable bonds is 0. The van der Waals surface area contributed by atoms with Crippen LogP contribution in [0.4, 0.5) is 0 Å². The Balaban J connectivity index is 2.81. The highest BCUT2D eigenvalue weighted by molar-refractivity contribution is 6.28. The maximum Gasteiger partial charge on any atom is 0.176 e. The summed E-state index contributed by atoms with van der Waals surface area (Å²) >= 11 is 10.8. The molecule has 1 aliphatic carbocycles. The number of hydrogen-bond acceptors (Lipinski definition) is 2. The van der Waals surface area contributed by atoms with Gasteiger partial charge in [-0.3, -0.25) is 0 Å². The molecule has 1 aliphatic rings. The Labute approximate surface area is 68.4 Å². The van der Waals surface area contributed by atoms with Crippen LogP contribution < -0.4 is 0 Å². The van der Waals surface area contributed by atoms with Gasteiger partial charge >= 0.3 is 0 Å². The second-order valence-electron chi connectivity index (χ2n) is 2.12. The molecule has 2 nitrogen and oxygen atoms in total. The first-order valence-electron chi connectivity index (χ1n) is 2.65. The molecule has 0 saturated carbocycles. The normalized spacial score (nSPS) is 46.0. The lowest BCUT2D eigenvalue weighted by atomic mass is 10.1. The second kappa shape index (κ2) is 2.24. The Kier molecular flexibility index (Phi) is 1.81. The van der Waals surface area contributed by atoms with Gasteiger partial charge in [0.2, 0.25) is 0 Å². The van der Waals surface area contributed by atoms with Crippen LogP contribution in [0.3, 0.4) is 0 Å². The van der Waals surface area contributed by atoms with E-state index in [9.17, 15) is 0 Å². The quantitative estimate of drug-likeness (QED) is 0.431. The molecule has 0 fully saturated rings. The molecule has 0 saturated heterocycles. The second-order valence-corrected chi connectivity index (χ2v) is 3.33. The fourth-order valence-electron chi connectivity index (χ4n) is 0.579. The molecule has 2 N–H and O–H groups in total. The summed E-state index contributed by atoms with van der Waals surface area (Å²) < 4.78 is 0. The van der Waals surface area contributed by atoms with Crippen LogP contribution >= 0.6 is 23.2 Å². The van der Waals surface area contributed by atoms with E-state index in [4.69, 9.17) is 33.4 Å². The Hall–Kier alpha value is -0.0200. The lowest BCUT2D eigenvalue weighted by Gasteiger charge is -2.20. The van der Waals surface area contributed by atoms with E-state index in [0.29, 0.717) is 0 Å². The zero-order chi connectivity index (χ0) is 7.83. The lowest BCUT2D eigenvalue weighted by molar-refractivity contribution is 0.196. The molecule has 0 aromatic heterocycles. The van der Waals surface area contributed by atoms with Crippen molar-refractivity contribution in [2.75, 3.05) is 0 Å². The summed E-state index contributed by atoms with van der Waals surface area (Å²) in [6.45, 7) is 0. The van der Waals surface area contributed by atoms with Crippen molar-refractivity contribution >= 4 is 23.2 Å². The van der Waals surface area contributed by atoms with Crippen LogP contribution in [0.2, 0.25) is 0 Å². The summed E-state index contributed by atoms with van der Waals surface area (Å²) in [5.74, 6) is 0. The zero-order valence-electron chi connectivity index (χ0n) is 4.96. The van der Waals surface area contributed by atoms with E-state index < -0.39 is 10.1 Å². The molecule has 0 radical (unpaired) electrons. The molecule has 0 heterocycles. The van der Waals surface area contributed by atoms with Crippen molar-refractivity contribution in [3.8, 4) is 0 Å². The predicted octanol–water partition coefficient (Wildman–Crippen LogP) is 0.967. The zero-order valence-corrected chi connectivity index (χ0v) is 6.47. The van der Waals surface area contributed by atoms with Gasteiger partial charge < -0.3 is 10.2 Å². The smallest absolute Gasteiger partial charge is 0.176 e. The van der Waals surface area contributed by atoms with Crippen LogP contribution in [-0.2, 0) is 0 Å². The van der Waals surface area contributed by atoms with Gasteiger partial charge in [0.25, 0.3) is 0 Å². The molecule has 10 heavy (non-hydrogen) atoms. The first kappa shape index (κ1) is 8.08. The Morgan fingerprint density at radius 3 is 1.20 bits per heavy atom. The minimum Gasteiger partial charge on any atom is -0.368 e. The van der Waals surface area contributed by atoms with E-state index >= 15 is 0 Å². The molecule has 0 atom stereocenters. The Morgan fingerprint density at radius 2 is 1.00 bits per heavy atom. The first-order valence-corrected chi connectivity index (χ1v) is 3.40. The van der Waals surface area contributed by atoms with E-state index in [1.54, 1.807) is 0 Å². The van der Waals surface area contributed by atoms with Crippen LogP contribution in [0.1, 0.15) is 0 Å². The molecule has 0 spiro atoms. The van der Waals surface area contributed by atoms with Crippen molar-refractivity contribution in [3.63, 3.8) is 0 Å². The van der Waals surface area contributed by atoms with Crippen molar-refractivity contribution < 1.29 is 10.2 Å². The van der Waals surface area contributed by atoms with Crippen LogP contribution in [0.5, 0.6) is 0 Å². The van der Waals surface area contributed by atoms with Gasteiger partial charge in [-0.05, 0) is 24.3 Å². The summed E-state index contributed by atoms with van der Waals surface area (Å²) in [6.07, 6.45) is 4.84. The van der Waals surface area contributed by atoms with Gasteiger partial charge in [-0.15, -0.1) is 0 Å². The van der Waals surface area contributed by atoms with Crippen molar-refractivity contribution in [2.24, 2.45) is 0 Å². The third-order valence-corrected chi connectivity index (χ3v) is 1.61. The average molecular weight is 181 g/mol. The molecule has 0 amide bonds. The average Bonchev–Trinajstić information content (AvgIpc) is 1.79. The van der Waals surface area contributed by atoms with Gasteiger partial charge in [0.05, 0.1) is 0 Å². The van der Waals surface area contributed by atoms with E-state index in [1.165, 1.54) is 24.3 Å². The van der Waals surface area contributed by atoms with Crippen molar-refractivity contribution in [1.29, 1.82) is 0 Å². The summed E-state index contributed by atoms with van der Waals surface area (Å²) in [6, 6.07) is 0. The van der Waals surface area contributed by atoms with Crippen molar-refractivity contribution in [2.45, 2.75) is 10.1 Å². The Bertz CT molecular complexity index is 156. The fraction of sp³-hybridized carbons (Fsp3) is 0.333. The molecule has 0 aromatic rings. The molecular weight excluding hydrogens is 175 g/mol. The van der Waals surface area contributed by atoms with Crippen LogP contribution in [-0.4, -0.2) is 20.3 Å². The molecule has 0 aromatic carbocycles. The van der Waals surface area contributed by atoms with E-state index in [0.717, 1.165) is 0 Å². The summed E-state index contributed by atoms with van der Waals surface area (Å²) in [4.78, 5) is 0. The van der Waals surface area contributed by atoms with Crippen LogP contribution in [0.15, 0.2) is 24.3 Å². The summed E-state index contributed by atoms with van der Waals surface area (Å²) in [7, 11) is 0. The van der Waals surface area contributed by atoms with Gasteiger partial charge in [-0.1, -0.05) is 23.2 Å². The number of hydrogen-bond donors (Lipinski definition) is 2. The molecule has 56 valence electrons. The van der Waals surface area contributed by atoms with Gasteiger partial charge in [-0.2, -0.15) is 0 Å². The summed E-state index contributed by atoms with van der Waals surface area (Å²) in [5, 5.41) is 15.1. The first-order chi connectivity index (χ1) is 4.41. The van der Waals surface area contributed by atoms with E-state index in [2.05, 4.69) is 0 Å². The largest absolute Gasteiger partial charge is 0.368 e.